The van der Waals surface area contributed by atoms with Crippen LogP contribution in [-0.4, -0.2) is 70.7 Å². The van der Waals surface area contributed by atoms with Gasteiger partial charge in [0.15, 0.2) is 6.04 Å². The Morgan fingerprint density at radius 1 is 1.35 bits per heavy atom. The molecule has 2 aliphatic rings. The molecule has 4 heterocycles. The van der Waals surface area contributed by atoms with Gasteiger partial charge in [-0.1, -0.05) is 24.1 Å². The lowest BCUT2D eigenvalue weighted by atomic mass is 10.0. The number of benzene rings is 1. The number of halogens is 2. The highest BCUT2D eigenvalue weighted by Gasteiger charge is 2.36. The Kier molecular flexibility index (Phi) is 9.15. The van der Waals surface area contributed by atoms with Gasteiger partial charge in [-0.3, -0.25) is 9.59 Å². The summed E-state index contributed by atoms with van der Waals surface area (Å²) in [6, 6.07) is 3.13. The Labute approximate surface area is 256 Å². The number of nitrogens with one attached hydrogen (secondary N) is 2. The van der Waals surface area contributed by atoms with Gasteiger partial charge in [-0.15, -0.1) is 17.8 Å². The number of carbonyl (C=O) groups excluding carboxylic acids is 2. The summed E-state index contributed by atoms with van der Waals surface area (Å²) in [5.41, 5.74) is 1.08. The summed E-state index contributed by atoms with van der Waals surface area (Å²) in [4.78, 5) is 38.7. The van der Waals surface area contributed by atoms with Crippen molar-refractivity contribution in [2.24, 2.45) is 0 Å². The first kappa shape index (κ1) is 30.3. The average Bonchev–Trinajstić information content (AvgIpc) is 3.43. The van der Waals surface area contributed by atoms with Crippen LogP contribution < -0.4 is 15.4 Å². The normalized spacial score (nSPS) is 16.5. The fourth-order valence-electron chi connectivity index (χ4n) is 5.03. The number of nitrogens with zero attached hydrogens (tertiary/aromatic N) is 3. The van der Waals surface area contributed by atoms with Gasteiger partial charge in [-0.25, -0.2) is 14.4 Å². The quantitative estimate of drug-likeness (QED) is 0.234. The minimum Gasteiger partial charge on any atom is -0.510 e. The van der Waals surface area contributed by atoms with E-state index in [-0.39, 0.29) is 23.9 Å². The molecule has 0 spiro atoms. The number of amides is 2. The fourth-order valence-corrected chi connectivity index (χ4v) is 6.42. The molecule has 43 heavy (non-hydrogen) atoms. The van der Waals surface area contributed by atoms with Crippen molar-refractivity contribution in [1.82, 2.24) is 20.2 Å². The standard InChI is InChI=1S/C30H29ClFN5O5S/c1-4-23(28(39)35-26(16(2)38)17-11-18(32)13-20(12-17)41-3)37-8-5-24-21(29(37)40)14-25(43-24)27-22(31)15-33-30(36-27)34-19-6-9-42-10-7-19/h1,11-15,19,23,26,38H,2,5-10H2,3H3,(H,35,39)(H,33,34,36)/t23-,26+/m0/s1. The van der Waals surface area contributed by atoms with E-state index in [9.17, 15) is 19.1 Å². The highest BCUT2D eigenvalue weighted by Crippen LogP contribution is 2.37. The highest BCUT2D eigenvalue weighted by molar-refractivity contribution is 7.16. The third kappa shape index (κ3) is 6.59. The molecule has 0 aliphatic carbocycles. The molecule has 2 aliphatic heterocycles. The first-order valence-electron chi connectivity index (χ1n) is 13.5. The molecule has 3 N–H and O–H groups in total. The number of aromatic nitrogens is 2. The first-order chi connectivity index (χ1) is 20.7. The Hall–Kier alpha value is -4.18. The number of ether oxygens (including phenoxy) is 2. The molecule has 0 bridgehead atoms. The SMILES string of the molecule is C#C[C@@H](C(=O)N[C@H](C(=C)O)c1cc(F)cc(OC)c1)N1CCc2sc(-c3nc(NC4CCOCC4)ncc3Cl)cc2C1=O. The van der Waals surface area contributed by atoms with Crippen molar-refractivity contribution in [3.8, 4) is 28.7 Å². The zero-order valence-electron chi connectivity index (χ0n) is 23.2. The topological polar surface area (TPSA) is 126 Å². The van der Waals surface area contributed by atoms with Crippen molar-refractivity contribution in [3.05, 3.63) is 69.6 Å². The van der Waals surface area contributed by atoms with Crippen molar-refractivity contribution in [2.45, 2.75) is 37.4 Å². The Balaban J connectivity index is 1.35. The highest BCUT2D eigenvalue weighted by atomic mass is 35.5. The largest absolute Gasteiger partial charge is 0.510 e. The second kappa shape index (κ2) is 13.0. The summed E-state index contributed by atoms with van der Waals surface area (Å²) in [6.45, 7) is 5.02. The smallest absolute Gasteiger partial charge is 0.256 e. The molecule has 2 amide bonds. The van der Waals surface area contributed by atoms with E-state index < -0.39 is 35.5 Å². The molecule has 2 atom stereocenters. The van der Waals surface area contributed by atoms with Gasteiger partial charge in [-0.05, 0) is 36.6 Å². The van der Waals surface area contributed by atoms with E-state index in [1.54, 1.807) is 6.07 Å². The van der Waals surface area contributed by atoms with Crippen molar-refractivity contribution < 1.29 is 28.6 Å². The number of fused-ring (bicyclic) bond motifs is 1. The predicted molar refractivity (Wildman–Crippen MR) is 161 cm³/mol. The van der Waals surface area contributed by atoms with Crippen molar-refractivity contribution in [2.75, 3.05) is 32.2 Å². The van der Waals surface area contributed by atoms with Crippen molar-refractivity contribution in [3.63, 3.8) is 0 Å². The summed E-state index contributed by atoms with van der Waals surface area (Å²) in [6.07, 6.45) is 9.39. The number of thiophene rings is 1. The van der Waals surface area contributed by atoms with E-state index in [2.05, 4.69) is 33.1 Å². The van der Waals surface area contributed by atoms with Gasteiger partial charge in [0, 0.05) is 43.2 Å². The molecule has 1 fully saturated rings. The number of aliphatic hydroxyl groups excluding tert-OH is 1. The van der Waals surface area contributed by atoms with E-state index in [0.717, 1.165) is 29.9 Å². The second-order valence-electron chi connectivity index (χ2n) is 10.0. The third-order valence-corrected chi connectivity index (χ3v) is 8.69. The molecule has 1 saturated heterocycles. The maximum absolute atomic E-state index is 14.1. The van der Waals surface area contributed by atoms with Crippen LogP contribution in [0.15, 0.2) is 42.8 Å². The molecule has 3 aromatic rings. The Morgan fingerprint density at radius 3 is 2.81 bits per heavy atom. The van der Waals surface area contributed by atoms with Gasteiger partial charge >= 0.3 is 0 Å². The maximum Gasteiger partial charge on any atom is 0.256 e. The lowest BCUT2D eigenvalue weighted by molar-refractivity contribution is -0.124. The average molecular weight is 626 g/mol. The zero-order chi connectivity index (χ0) is 30.7. The van der Waals surface area contributed by atoms with E-state index in [0.29, 0.717) is 46.7 Å². The number of anilines is 1. The van der Waals surface area contributed by atoms with Crippen LogP contribution in [0.3, 0.4) is 0 Å². The van der Waals surface area contributed by atoms with Gasteiger partial charge in [0.05, 0.1) is 28.8 Å². The summed E-state index contributed by atoms with van der Waals surface area (Å²) in [5.74, 6) is 0.760. The molecule has 0 saturated carbocycles. The lowest BCUT2D eigenvalue weighted by Crippen LogP contribution is -2.51. The molecule has 2 aromatic heterocycles. The summed E-state index contributed by atoms with van der Waals surface area (Å²) >= 11 is 7.86. The van der Waals surface area contributed by atoms with Crippen molar-refractivity contribution in [1.29, 1.82) is 0 Å². The van der Waals surface area contributed by atoms with Crippen LogP contribution in [0.25, 0.3) is 10.6 Å². The van der Waals surface area contributed by atoms with Crippen LogP contribution in [0.4, 0.5) is 10.3 Å². The summed E-state index contributed by atoms with van der Waals surface area (Å²) < 4.78 is 24.6. The minimum atomic E-state index is -1.31. The van der Waals surface area contributed by atoms with Gasteiger partial charge in [0.1, 0.15) is 29.1 Å². The van der Waals surface area contributed by atoms with E-state index >= 15 is 0 Å². The molecule has 0 unspecified atom stereocenters. The van der Waals surface area contributed by atoms with E-state index in [1.807, 2.05) is 0 Å². The molecule has 10 nitrogen and oxygen atoms in total. The van der Waals surface area contributed by atoms with Crippen LogP contribution in [0.5, 0.6) is 5.75 Å². The first-order valence-corrected chi connectivity index (χ1v) is 14.7. The second-order valence-corrected chi connectivity index (χ2v) is 11.6. The van der Waals surface area contributed by atoms with Crippen LogP contribution in [0.2, 0.25) is 5.02 Å². The maximum atomic E-state index is 14.1. The molecule has 13 heteroatoms. The van der Waals surface area contributed by atoms with Gasteiger partial charge in [-0.2, -0.15) is 0 Å². The number of carbonyl (C=O) groups is 2. The summed E-state index contributed by atoms with van der Waals surface area (Å²) in [7, 11) is 1.36. The van der Waals surface area contributed by atoms with E-state index in [4.69, 9.17) is 27.5 Å². The number of terminal acetylenes is 1. The van der Waals surface area contributed by atoms with Gasteiger partial charge in [0.25, 0.3) is 11.8 Å². The predicted octanol–water partition coefficient (Wildman–Crippen LogP) is 4.53. The van der Waals surface area contributed by atoms with Crippen molar-refractivity contribution >= 4 is 40.7 Å². The molecule has 0 radical (unpaired) electrons. The number of methoxy groups -OCH3 is 1. The van der Waals surface area contributed by atoms with Crippen LogP contribution in [-0.2, 0) is 16.0 Å². The molecular formula is C30H29ClFN5O5S. The minimum absolute atomic E-state index is 0.181. The zero-order valence-corrected chi connectivity index (χ0v) is 24.8. The third-order valence-electron chi connectivity index (χ3n) is 7.21. The van der Waals surface area contributed by atoms with Gasteiger partial charge < -0.3 is 30.1 Å². The Morgan fingerprint density at radius 2 is 2.12 bits per heavy atom. The van der Waals surface area contributed by atoms with E-state index in [1.165, 1.54) is 35.6 Å². The van der Waals surface area contributed by atoms with Crippen LogP contribution in [0, 0.1) is 18.2 Å². The summed E-state index contributed by atoms with van der Waals surface area (Å²) in [5, 5.41) is 16.5. The number of aliphatic hydroxyl groups is 1. The van der Waals surface area contributed by atoms with Crippen LogP contribution in [0.1, 0.15) is 39.7 Å². The Bertz CT molecular complexity index is 1600. The number of rotatable bonds is 9. The molecule has 224 valence electrons. The number of hydrogen-bond acceptors (Lipinski definition) is 9. The van der Waals surface area contributed by atoms with Gasteiger partial charge in [0.2, 0.25) is 5.95 Å². The van der Waals surface area contributed by atoms with Crippen LogP contribution >= 0.6 is 22.9 Å². The molecule has 5 rings (SSSR count). The molecule has 1 aromatic carbocycles. The number of hydrogen-bond donors (Lipinski definition) is 3. The molecular weight excluding hydrogens is 597 g/mol. The lowest BCUT2D eigenvalue weighted by Gasteiger charge is -2.31. The fraction of sp³-hybridized carbons (Fsp3) is 0.333. The monoisotopic (exact) mass is 625 g/mol.